The van der Waals surface area contributed by atoms with Crippen LogP contribution in [0.1, 0.15) is 31.5 Å². The number of carboxylic acids is 1. The minimum atomic E-state index is -0.657. The molecule has 1 aromatic heterocycles. The highest BCUT2D eigenvalue weighted by Gasteiger charge is 2.27. The SMILES string of the molecule is C[C@H](c1ccccn1)N1CCC(C(=O)O)CC1. The Kier molecular flexibility index (Phi) is 3.74. The van der Waals surface area contributed by atoms with E-state index in [2.05, 4.69) is 16.8 Å². The Morgan fingerprint density at radius 2 is 2.18 bits per heavy atom. The van der Waals surface area contributed by atoms with Crippen LogP contribution in [-0.4, -0.2) is 34.0 Å². The monoisotopic (exact) mass is 234 g/mol. The zero-order valence-electron chi connectivity index (χ0n) is 10.0. The number of hydrogen-bond donors (Lipinski definition) is 1. The first kappa shape index (κ1) is 12.0. The Labute approximate surface area is 101 Å². The van der Waals surface area contributed by atoms with Crippen LogP contribution in [-0.2, 0) is 4.79 Å². The number of piperidine rings is 1. The molecule has 17 heavy (non-hydrogen) atoms. The van der Waals surface area contributed by atoms with Crippen molar-refractivity contribution in [2.75, 3.05) is 13.1 Å². The van der Waals surface area contributed by atoms with Gasteiger partial charge in [0.1, 0.15) is 0 Å². The fourth-order valence-corrected chi connectivity index (χ4v) is 2.34. The first-order valence-electron chi connectivity index (χ1n) is 6.06. The summed E-state index contributed by atoms with van der Waals surface area (Å²) in [4.78, 5) is 17.5. The van der Waals surface area contributed by atoms with Gasteiger partial charge >= 0.3 is 5.97 Å². The van der Waals surface area contributed by atoms with Gasteiger partial charge in [0.15, 0.2) is 0 Å². The normalized spacial score (nSPS) is 20.1. The molecule has 1 atom stereocenters. The average molecular weight is 234 g/mol. The van der Waals surface area contributed by atoms with E-state index < -0.39 is 5.97 Å². The summed E-state index contributed by atoms with van der Waals surface area (Å²) >= 11 is 0. The summed E-state index contributed by atoms with van der Waals surface area (Å²) in [6.45, 7) is 3.81. The van der Waals surface area contributed by atoms with Gasteiger partial charge in [-0.05, 0) is 45.0 Å². The van der Waals surface area contributed by atoms with Crippen LogP contribution in [0.2, 0.25) is 0 Å². The Morgan fingerprint density at radius 1 is 1.47 bits per heavy atom. The lowest BCUT2D eigenvalue weighted by Crippen LogP contribution is -2.38. The Hall–Kier alpha value is -1.42. The van der Waals surface area contributed by atoms with E-state index in [1.54, 1.807) is 6.20 Å². The van der Waals surface area contributed by atoms with Crippen LogP contribution in [0, 0.1) is 5.92 Å². The van der Waals surface area contributed by atoms with E-state index in [9.17, 15) is 4.79 Å². The number of rotatable bonds is 3. The van der Waals surface area contributed by atoms with Crippen molar-refractivity contribution >= 4 is 5.97 Å². The van der Waals surface area contributed by atoms with E-state index in [0.717, 1.165) is 31.6 Å². The molecule has 0 radical (unpaired) electrons. The van der Waals surface area contributed by atoms with Crippen molar-refractivity contribution in [2.24, 2.45) is 5.92 Å². The molecule has 0 aromatic carbocycles. The quantitative estimate of drug-likeness (QED) is 0.868. The molecule has 0 unspecified atom stereocenters. The predicted octanol–water partition coefficient (Wildman–Crippen LogP) is 1.94. The van der Waals surface area contributed by atoms with Crippen molar-refractivity contribution in [3.05, 3.63) is 30.1 Å². The lowest BCUT2D eigenvalue weighted by atomic mass is 9.95. The van der Waals surface area contributed by atoms with Gasteiger partial charge in [-0.3, -0.25) is 14.7 Å². The molecule has 0 amide bonds. The summed E-state index contributed by atoms with van der Waals surface area (Å²) in [6.07, 6.45) is 3.29. The van der Waals surface area contributed by atoms with Gasteiger partial charge in [0, 0.05) is 12.2 Å². The maximum atomic E-state index is 10.9. The van der Waals surface area contributed by atoms with Gasteiger partial charge in [-0.2, -0.15) is 0 Å². The molecule has 1 aliphatic heterocycles. The molecule has 1 aliphatic rings. The van der Waals surface area contributed by atoms with E-state index in [0.29, 0.717) is 0 Å². The van der Waals surface area contributed by atoms with E-state index in [4.69, 9.17) is 5.11 Å². The molecule has 92 valence electrons. The highest BCUT2D eigenvalue weighted by Crippen LogP contribution is 2.25. The summed E-state index contributed by atoms with van der Waals surface area (Å²) in [5.41, 5.74) is 1.06. The number of carboxylic acid groups (broad SMARTS) is 1. The summed E-state index contributed by atoms with van der Waals surface area (Å²) in [5.74, 6) is -0.822. The lowest BCUT2D eigenvalue weighted by molar-refractivity contribution is -0.143. The molecular weight excluding hydrogens is 216 g/mol. The van der Waals surface area contributed by atoms with E-state index in [1.807, 2.05) is 18.2 Å². The smallest absolute Gasteiger partial charge is 0.306 e. The standard InChI is InChI=1S/C13H18N2O2/c1-10(12-4-2-3-7-14-12)15-8-5-11(6-9-15)13(16)17/h2-4,7,10-11H,5-6,8-9H2,1H3,(H,16,17)/t10-/m1/s1. The van der Waals surface area contributed by atoms with Gasteiger partial charge in [-0.1, -0.05) is 6.07 Å². The second-order valence-electron chi connectivity index (χ2n) is 4.58. The minimum Gasteiger partial charge on any atom is -0.481 e. The molecule has 1 N–H and O–H groups in total. The molecule has 1 aromatic rings. The predicted molar refractivity (Wildman–Crippen MR) is 64.6 cm³/mol. The van der Waals surface area contributed by atoms with Crippen LogP contribution in [0.15, 0.2) is 24.4 Å². The van der Waals surface area contributed by atoms with E-state index in [1.165, 1.54) is 0 Å². The molecule has 0 bridgehead atoms. The number of pyridine rings is 1. The van der Waals surface area contributed by atoms with E-state index in [-0.39, 0.29) is 12.0 Å². The number of aliphatic carboxylic acids is 1. The molecule has 0 saturated carbocycles. The summed E-state index contributed by atoms with van der Waals surface area (Å²) in [6, 6.07) is 6.19. The van der Waals surface area contributed by atoms with E-state index >= 15 is 0 Å². The largest absolute Gasteiger partial charge is 0.481 e. The molecule has 4 heteroatoms. The van der Waals surface area contributed by atoms with Gasteiger partial charge in [0.2, 0.25) is 0 Å². The Bertz CT molecular complexity index is 372. The van der Waals surface area contributed by atoms with Crippen LogP contribution < -0.4 is 0 Å². The third kappa shape index (κ3) is 2.82. The van der Waals surface area contributed by atoms with Crippen LogP contribution in [0.25, 0.3) is 0 Å². The molecule has 1 saturated heterocycles. The van der Waals surface area contributed by atoms with Crippen molar-refractivity contribution in [3.63, 3.8) is 0 Å². The zero-order valence-corrected chi connectivity index (χ0v) is 10.0. The van der Waals surface area contributed by atoms with Crippen LogP contribution in [0.3, 0.4) is 0 Å². The zero-order chi connectivity index (χ0) is 12.3. The van der Waals surface area contributed by atoms with Gasteiger partial charge in [0.05, 0.1) is 11.6 Å². The molecular formula is C13H18N2O2. The maximum absolute atomic E-state index is 10.9. The van der Waals surface area contributed by atoms with Gasteiger partial charge in [0.25, 0.3) is 0 Å². The fraction of sp³-hybridized carbons (Fsp3) is 0.538. The molecule has 1 fully saturated rings. The fourth-order valence-electron chi connectivity index (χ4n) is 2.34. The van der Waals surface area contributed by atoms with Crippen molar-refractivity contribution in [2.45, 2.75) is 25.8 Å². The van der Waals surface area contributed by atoms with Crippen molar-refractivity contribution < 1.29 is 9.90 Å². The molecule has 2 heterocycles. The molecule has 0 aliphatic carbocycles. The van der Waals surface area contributed by atoms with Crippen molar-refractivity contribution in [1.29, 1.82) is 0 Å². The minimum absolute atomic E-state index is 0.165. The third-order valence-corrected chi connectivity index (χ3v) is 3.54. The first-order valence-corrected chi connectivity index (χ1v) is 6.06. The summed E-state index contributed by atoms with van der Waals surface area (Å²) in [5, 5.41) is 8.95. The first-order chi connectivity index (χ1) is 8.18. The number of hydrogen-bond acceptors (Lipinski definition) is 3. The number of likely N-dealkylation sites (tertiary alicyclic amines) is 1. The topological polar surface area (TPSA) is 53.4 Å². The average Bonchev–Trinajstić information content (AvgIpc) is 2.39. The van der Waals surface area contributed by atoms with Crippen molar-refractivity contribution in [1.82, 2.24) is 9.88 Å². The van der Waals surface area contributed by atoms with Crippen molar-refractivity contribution in [3.8, 4) is 0 Å². The molecule has 0 spiro atoms. The van der Waals surface area contributed by atoms with Gasteiger partial charge in [-0.15, -0.1) is 0 Å². The molecule has 4 nitrogen and oxygen atoms in total. The highest BCUT2D eigenvalue weighted by atomic mass is 16.4. The highest BCUT2D eigenvalue weighted by molar-refractivity contribution is 5.70. The summed E-state index contributed by atoms with van der Waals surface area (Å²) < 4.78 is 0. The Morgan fingerprint density at radius 3 is 2.71 bits per heavy atom. The summed E-state index contributed by atoms with van der Waals surface area (Å²) in [7, 11) is 0. The maximum Gasteiger partial charge on any atom is 0.306 e. The lowest BCUT2D eigenvalue weighted by Gasteiger charge is -2.34. The number of nitrogens with zero attached hydrogens (tertiary/aromatic N) is 2. The van der Waals surface area contributed by atoms with Crippen LogP contribution >= 0.6 is 0 Å². The molecule has 2 rings (SSSR count). The Balaban J connectivity index is 1.95. The van der Waals surface area contributed by atoms with Crippen LogP contribution in [0.5, 0.6) is 0 Å². The van der Waals surface area contributed by atoms with Crippen LogP contribution in [0.4, 0.5) is 0 Å². The number of carbonyl (C=O) groups is 1. The van der Waals surface area contributed by atoms with Gasteiger partial charge < -0.3 is 5.11 Å². The second kappa shape index (κ2) is 5.27. The van der Waals surface area contributed by atoms with Gasteiger partial charge in [-0.25, -0.2) is 0 Å². The third-order valence-electron chi connectivity index (χ3n) is 3.54. The second-order valence-corrected chi connectivity index (χ2v) is 4.58. The number of aromatic nitrogens is 1.